The molecule has 8 heteroatoms. The zero-order valence-corrected chi connectivity index (χ0v) is 8.50. The molecule has 0 heterocycles. The highest BCUT2D eigenvalue weighted by Crippen LogP contribution is 2.13. The topological polar surface area (TPSA) is 124 Å². The summed E-state index contributed by atoms with van der Waals surface area (Å²) >= 11 is 0. The Morgan fingerprint density at radius 3 is 2.19 bits per heavy atom. The number of carbonyl (C=O) groups is 1. The van der Waals surface area contributed by atoms with Crippen LogP contribution in [-0.4, -0.2) is 26.6 Å². The SMILES string of the molecule is CC(CC#CCCC(=O)O)([N+](=O)[O-])[N+](=O)[O-]. The minimum absolute atomic E-state index is 0.0147. The van der Waals surface area contributed by atoms with Crippen molar-refractivity contribution in [1.29, 1.82) is 0 Å². The summed E-state index contributed by atoms with van der Waals surface area (Å²) in [6, 6.07) is 0. The maximum absolute atomic E-state index is 10.4. The van der Waals surface area contributed by atoms with Crippen LogP contribution in [0.1, 0.15) is 26.2 Å². The lowest BCUT2D eigenvalue weighted by atomic mass is 10.1. The van der Waals surface area contributed by atoms with E-state index >= 15 is 0 Å². The lowest BCUT2D eigenvalue weighted by molar-refractivity contribution is -0.790. The highest BCUT2D eigenvalue weighted by atomic mass is 16.7. The van der Waals surface area contributed by atoms with Gasteiger partial charge in [-0.1, -0.05) is 5.92 Å². The number of hydrogen-bond acceptors (Lipinski definition) is 5. The number of carboxylic acids is 1. The largest absolute Gasteiger partial charge is 0.481 e. The fourth-order valence-corrected chi connectivity index (χ4v) is 0.684. The summed E-state index contributed by atoms with van der Waals surface area (Å²) in [5, 5.41) is 29.1. The van der Waals surface area contributed by atoms with E-state index in [4.69, 9.17) is 5.11 Å². The van der Waals surface area contributed by atoms with Crippen LogP contribution in [0.25, 0.3) is 0 Å². The Bertz CT molecular complexity index is 352. The van der Waals surface area contributed by atoms with E-state index < -0.39 is 27.9 Å². The molecule has 8 nitrogen and oxygen atoms in total. The molecule has 0 aromatic heterocycles. The molecule has 0 aliphatic heterocycles. The molecule has 88 valence electrons. The van der Waals surface area contributed by atoms with Gasteiger partial charge < -0.3 is 5.11 Å². The van der Waals surface area contributed by atoms with Crippen LogP contribution >= 0.6 is 0 Å². The number of hydrogen-bond donors (Lipinski definition) is 1. The zero-order valence-electron chi connectivity index (χ0n) is 8.50. The molecule has 0 rings (SSSR count). The minimum atomic E-state index is -2.34. The van der Waals surface area contributed by atoms with Crippen molar-refractivity contribution in [3.8, 4) is 11.8 Å². The maximum atomic E-state index is 10.4. The summed E-state index contributed by atoms with van der Waals surface area (Å²) in [6.07, 6.45) is -0.728. The molecule has 0 saturated heterocycles. The second-order valence-electron chi connectivity index (χ2n) is 3.16. The van der Waals surface area contributed by atoms with Gasteiger partial charge in [-0.3, -0.25) is 25.0 Å². The van der Waals surface area contributed by atoms with Crippen molar-refractivity contribution in [3.63, 3.8) is 0 Å². The number of rotatable bonds is 5. The highest BCUT2D eigenvalue weighted by molar-refractivity contribution is 5.66. The van der Waals surface area contributed by atoms with E-state index in [1.165, 1.54) is 0 Å². The molecule has 0 bridgehead atoms. The van der Waals surface area contributed by atoms with Gasteiger partial charge in [-0.25, -0.2) is 0 Å². The second kappa shape index (κ2) is 5.65. The fraction of sp³-hybridized carbons (Fsp3) is 0.625. The molecule has 0 aromatic carbocycles. The lowest BCUT2D eigenvalue weighted by Gasteiger charge is -2.08. The average molecular weight is 230 g/mol. The van der Waals surface area contributed by atoms with Gasteiger partial charge in [0.25, 0.3) is 0 Å². The van der Waals surface area contributed by atoms with Crippen LogP contribution in [0.5, 0.6) is 0 Å². The number of nitro groups is 2. The van der Waals surface area contributed by atoms with Crippen molar-refractivity contribution in [2.24, 2.45) is 0 Å². The molecule has 1 N–H and O–H groups in total. The van der Waals surface area contributed by atoms with Crippen molar-refractivity contribution in [1.82, 2.24) is 0 Å². The van der Waals surface area contributed by atoms with E-state index in [0.717, 1.165) is 6.92 Å². The first-order valence-electron chi connectivity index (χ1n) is 4.27. The Hall–Kier alpha value is -2.17. The Balaban J connectivity index is 4.40. The monoisotopic (exact) mass is 230 g/mol. The van der Waals surface area contributed by atoms with Gasteiger partial charge in [0.05, 0.1) is 23.2 Å². The van der Waals surface area contributed by atoms with Gasteiger partial charge in [0.2, 0.25) is 0 Å². The lowest BCUT2D eigenvalue weighted by Crippen LogP contribution is -2.42. The summed E-state index contributed by atoms with van der Waals surface area (Å²) < 4.78 is 0. The molecule has 0 aliphatic carbocycles. The quantitative estimate of drug-likeness (QED) is 0.317. The van der Waals surface area contributed by atoms with Crippen molar-refractivity contribution in [2.45, 2.75) is 31.8 Å². The summed E-state index contributed by atoms with van der Waals surface area (Å²) in [6.45, 7) is 0.860. The van der Waals surface area contributed by atoms with Crippen molar-refractivity contribution >= 4 is 5.97 Å². The first kappa shape index (κ1) is 13.8. The Kier molecular flexibility index (Phi) is 4.88. The fourth-order valence-electron chi connectivity index (χ4n) is 0.684. The van der Waals surface area contributed by atoms with E-state index in [1.807, 2.05) is 0 Å². The number of aliphatic carboxylic acids is 1. The predicted molar refractivity (Wildman–Crippen MR) is 51.7 cm³/mol. The maximum Gasteiger partial charge on any atom is 0.466 e. The van der Waals surface area contributed by atoms with Crippen LogP contribution in [0.15, 0.2) is 0 Å². The summed E-state index contributed by atoms with van der Waals surface area (Å²) in [7, 11) is 0. The van der Waals surface area contributed by atoms with Crippen molar-refractivity contribution in [2.75, 3.05) is 0 Å². The first-order chi connectivity index (χ1) is 7.30. The van der Waals surface area contributed by atoms with E-state index in [2.05, 4.69) is 11.8 Å². The predicted octanol–water partition coefficient (Wildman–Crippen LogP) is 0.514. The average Bonchev–Trinajstić information content (AvgIpc) is 2.15. The summed E-state index contributed by atoms with van der Waals surface area (Å²) in [5.41, 5.74) is -2.34. The van der Waals surface area contributed by atoms with Gasteiger partial charge in [0, 0.05) is 6.42 Å². The molecule has 0 amide bonds. The van der Waals surface area contributed by atoms with Crippen molar-refractivity contribution in [3.05, 3.63) is 20.2 Å². The summed E-state index contributed by atoms with van der Waals surface area (Å²) in [5.74, 6) is 3.55. The molecule has 0 radical (unpaired) electrons. The van der Waals surface area contributed by atoms with E-state index in [-0.39, 0.29) is 12.8 Å². The second-order valence-corrected chi connectivity index (χ2v) is 3.16. The van der Waals surface area contributed by atoms with Crippen LogP contribution in [0.3, 0.4) is 0 Å². The zero-order chi connectivity index (χ0) is 12.8. The van der Waals surface area contributed by atoms with E-state index in [9.17, 15) is 25.0 Å². The van der Waals surface area contributed by atoms with Gasteiger partial charge >= 0.3 is 11.6 Å². The third-order valence-corrected chi connectivity index (χ3v) is 1.80. The van der Waals surface area contributed by atoms with Crippen LogP contribution in [0.2, 0.25) is 0 Å². The Morgan fingerprint density at radius 2 is 1.81 bits per heavy atom. The van der Waals surface area contributed by atoms with Gasteiger partial charge in [0.15, 0.2) is 6.42 Å². The molecule has 0 fully saturated rings. The molecule has 0 aromatic rings. The van der Waals surface area contributed by atoms with E-state index in [0.29, 0.717) is 0 Å². The molecule has 16 heavy (non-hydrogen) atoms. The Morgan fingerprint density at radius 1 is 1.31 bits per heavy atom. The van der Waals surface area contributed by atoms with Gasteiger partial charge in [-0.15, -0.1) is 5.92 Å². The standard InChI is InChI=1S/C8H10N2O6/c1-8(9(13)14,10(15)16)6-4-2-3-5-7(11)12/h3,5-6H2,1H3,(H,11,12). The van der Waals surface area contributed by atoms with Gasteiger partial charge in [-0.05, 0) is 0 Å². The number of carboxylic acid groups (broad SMARTS) is 1. The molecular formula is C8H10N2O6. The molecule has 0 unspecified atom stereocenters. The highest BCUT2D eigenvalue weighted by Gasteiger charge is 2.49. The molecule has 0 spiro atoms. The normalized spacial score (nSPS) is 10.1. The van der Waals surface area contributed by atoms with Crippen LogP contribution in [0.4, 0.5) is 0 Å². The minimum Gasteiger partial charge on any atom is -0.481 e. The van der Waals surface area contributed by atoms with E-state index in [1.54, 1.807) is 0 Å². The molecule has 0 saturated carbocycles. The Labute approximate surface area is 90.6 Å². The van der Waals surface area contributed by atoms with Crippen LogP contribution in [-0.2, 0) is 4.79 Å². The van der Waals surface area contributed by atoms with Crippen LogP contribution < -0.4 is 0 Å². The first-order valence-corrected chi connectivity index (χ1v) is 4.27. The summed E-state index contributed by atoms with van der Waals surface area (Å²) in [4.78, 5) is 28.9. The van der Waals surface area contributed by atoms with Crippen LogP contribution in [0, 0.1) is 32.1 Å². The molecular weight excluding hydrogens is 220 g/mol. The van der Waals surface area contributed by atoms with Gasteiger partial charge in [0.1, 0.15) is 0 Å². The smallest absolute Gasteiger partial charge is 0.466 e. The molecule has 0 atom stereocenters. The number of nitrogens with zero attached hydrogens (tertiary/aromatic N) is 2. The van der Waals surface area contributed by atoms with Gasteiger partial charge in [-0.2, -0.15) is 0 Å². The third kappa shape index (κ3) is 3.91. The molecule has 0 aliphatic rings. The van der Waals surface area contributed by atoms with Crippen molar-refractivity contribution < 1.29 is 19.7 Å². The third-order valence-electron chi connectivity index (χ3n) is 1.80.